The minimum Gasteiger partial charge on any atom is -0.350 e. The molecule has 1 saturated heterocycles. The van der Waals surface area contributed by atoms with E-state index in [0.29, 0.717) is 17.8 Å². The van der Waals surface area contributed by atoms with Crippen molar-refractivity contribution in [2.45, 2.75) is 38.6 Å². The summed E-state index contributed by atoms with van der Waals surface area (Å²) < 4.78 is 0. The maximum atomic E-state index is 12.8. The number of likely N-dealkylation sites (tertiary alicyclic amines) is 1. The molecule has 1 aromatic heterocycles. The Bertz CT molecular complexity index is 840. The normalized spacial score (nSPS) is 18.9. The number of carbonyl (C=O) groups is 2. The third-order valence-corrected chi connectivity index (χ3v) is 6.90. The molecule has 2 amide bonds. The smallest absolute Gasteiger partial charge is 0.251 e. The maximum Gasteiger partial charge on any atom is 0.251 e. The van der Waals surface area contributed by atoms with E-state index in [2.05, 4.69) is 40.0 Å². The van der Waals surface area contributed by atoms with Gasteiger partial charge in [-0.05, 0) is 74.3 Å². The average Bonchev–Trinajstić information content (AvgIpc) is 3.45. The van der Waals surface area contributed by atoms with Crippen molar-refractivity contribution in [1.29, 1.82) is 0 Å². The Kier molecular flexibility index (Phi) is 6.31. The molecule has 154 valence electrons. The molecule has 6 heteroatoms. The zero-order chi connectivity index (χ0) is 20.2. The summed E-state index contributed by atoms with van der Waals surface area (Å²) in [4.78, 5) is 28.6. The summed E-state index contributed by atoms with van der Waals surface area (Å²) in [6, 6.07) is 11.7. The van der Waals surface area contributed by atoms with Gasteiger partial charge in [-0.3, -0.25) is 14.5 Å². The second kappa shape index (κ2) is 9.09. The molecule has 1 saturated carbocycles. The van der Waals surface area contributed by atoms with Gasteiger partial charge < -0.3 is 10.6 Å². The number of piperidine rings is 1. The third-order valence-electron chi connectivity index (χ3n) is 5.93. The molecule has 2 aromatic rings. The first kappa shape index (κ1) is 20.1. The molecule has 0 radical (unpaired) electrons. The summed E-state index contributed by atoms with van der Waals surface area (Å²) in [6.07, 6.45) is 4.34. The Morgan fingerprint density at radius 1 is 1.14 bits per heavy atom. The second-order valence-corrected chi connectivity index (χ2v) is 9.28. The first-order valence-electron chi connectivity index (χ1n) is 10.6. The van der Waals surface area contributed by atoms with Gasteiger partial charge in [-0.15, -0.1) is 11.3 Å². The first-order valence-corrected chi connectivity index (χ1v) is 11.4. The van der Waals surface area contributed by atoms with Crippen LogP contribution in [0.2, 0.25) is 0 Å². The van der Waals surface area contributed by atoms with E-state index in [0.717, 1.165) is 31.8 Å². The number of nitrogens with one attached hydrogen (secondary N) is 2. The molecule has 2 heterocycles. The molecule has 0 bridgehead atoms. The second-order valence-electron chi connectivity index (χ2n) is 8.30. The molecule has 1 atom stereocenters. The van der Waals surface area contributed by atoms with E-state index in [1.54, 1.807) is 23.5 Å². The van der Waals surface area contributed by atoms with Crippen LogP contribution in [0.25, 0.3) is 0 Å². The summed E-state index contributed by atoms with van der Waals surface area (Å²) in [5.41, 5.74) is 1.27. The van der Waals surface area contributed by atoms with Crippen molar-refractivity contribution in [3.8, 4) is 0 Å². The molecule has 2 aliphatic rings. The lowest BCUT2D eigenvalue weighted by Gasteiger charge is -2.36. The highest BCUT2D eigenvalue weighted by atomic mass is 32.1. The van der Waals surface area contributed by atoms with Gasteiger partial charge in [-0.1, -0.05) is 19.1 Å². The lowest BCUT2D eigenvalue weighted by atomic mass is 9.97. The predicted molar refractivity (Wildman–Crippen MR) is 117 cm³/mol. The number of rotatable bonds is 7. The van der Waals surface area contributed by atoms with Crippen LogP contribution in [0, 0.1) is 11.8 Å². The first-order chi connectivity index (χ1) is 14.1. The Balaban J connectivity index is 1.39. The van der Waals surface area contributed by atoms with Crippen molar-refractivity contribution >= 4 is 28.8 Å². The van der Waals surface area contributed by atoms with E-state index in [1.165, 1.54) is 17.7 Å². The fourth-order valence-electron chi connectivity index (χ4n) is 3.85. The number of amides is 2. The maximum absolute atomic E-state index is 12.8. The molecular formula is C23H29N3O2S. The Morgan fingerprint density at radius 2 is 1.93 bits per heavy atom. The van der Waals surface area contributed by atoms with E-state index in [9.17, 15) is 9.59 Å². The summed E-state index contributed by atoms with van der Waals surface area (Å²) in [5, 5.41) is 8.14. The number of hydrogen-bond donors (Lipinski definition) is 2. The number of benzene rings is 1. The SMILES string of the molecule is CC1CCN(C(CNC(=O)c2cccc(NC(=O)C3CC3)c2)c2cccs2)CC1. The summed E-state index contributed by atoms with van der Waals surface area (Å²) in [7, 11) is 0. The minimum atomic E-state index is -0.0977. The van der Waals surface area contributed by atoms with Crippen molar-refractivity contribution in [3.05, 3.63) is 52.2 Å². The predicted octanol–water partition coefficient (Wildman–Crippen LogP) is 4.30. The van der Waals surface area contributed by atoms with Crippen molar-refractivity contribution in [3.63, 3.8) is 0 Å². The molecule has 2 fully saturated rings. The number of anilines is 1. The highest BCUT2D eigenvalue weighted by Gasteiger charge is 2.29. The van der Waals surface area contributed by atoms with Crippen molar-refractivity contribution < 1.29 is 9.59 Å². The van der Waals surface area contributed by atoms with E-state index in [-0.39, 0.29) is 23.8 Å². The van der Waals surface area contributed by atoms with Crippen LogP contribution in [0.15, 0.2) is 41.8 Å². The van der Waals surface area contributed by atoms with Crippen LogP contribution in [0.5, 0.6) is 0 Å². The van der Waals surface area contributed by atoms with E-state index >= 15 is 0 Å². The molecule has 4 rings (SSSR count). The van der Waals surface area contributed by atoms with Gasteiger partial charge in [-0.25, -0.2) is 0 Å². The van der Waals surface area contributed by atoms with Gasteiger partial charge in [0.1, 0.15) is 0 Å². The zero-order valence-corrected chi connectivity index (χ0v) is 17.7. The summed E-state index contributed by atoms with van der Waals surface area (Å²) >= 11 is 1.75. The van der Waals surface area contributed by atoms with Gasteiger partial charge in [0.05, 0.1) is 6.04 Å². The van der Waals surface area contributed by atoms with E-state index < -0.39 is 0 Å². The standard InChI is InChI=1S/C23H29N3O2S/c1-16-9-11-26(12-10-16)20(21-6-3-13-29-21)15-24-22(27)18-4-2-5-19(14-18)25-23(28)17-7-8-17/h2-6,13-14,16-17,20H,7-12,15H2,1H3,(H,24,27)(H,25,28). The van der Waals surface area contributed by atoms with Crippen molar-refractivity contribution in [2.75, 3.05) is 25.0 Å². The average molecular weight is 412 g/mol. The fourth-order valence-corrected chi connectivity index (χ4v) is 4.71. The summed E-state index contributed by atoms with van der Waals surface area (Å²) in [6.45, 7) is 5.05. The molecule has 1 aliphatic carbocycles. The molecule has 1 aromatic carbocycles. The molecular weight excluding hydrogens is 382 g/mol. The van der Waals surface area contributed by atoms with Crippen LogP contribution in [-0.2, 0) is 4.79 Å². The van der Waals surface area contributed by atoms with Crippen LogP contribution >= 0.6 is 11.3 Å². The van der Waals surface area contributed by atoms with Crippen LogP contribution in [0.1, 0.15) is 53.9 Å². The van der Waals surface area contributed by atoms with Crippen LogP contribution in [0.4, 0.5) is 5.69 Å². The van der Waals surface area contributed by atoms with Gasteiger partial charge in [0.2, 0.25) is 5.91 Å². The Morgan fingerprint density at radius 3 is 2.62 bits per heavy atom. The van der Waals surface area contributed by atoms with Crippen molar-refractivity contribution in [2.24, 2.45) is 11.8 Å². The minimum absolute atomic E-state index is 0.0552. The number of hydrogen-bond acceptors (Lipinski definition) is 4. The molecule has 2 N–H and O–H groups in total. The highest BCUT2D eigenvalue weighted by molar-refractivity contribution is 7.10. The monoisotopic (exact) mass is 411 g/mol. The summed E-state index contributed by atoms with van der Waals surface area (Å²) in [5.74, 6) is 0.879. The lowest BCUT2D eigenvalue weighted by molar-refractivity contribution is -0.117. The van der Waals surface area contributed by atoms with E-state index in [4.69, 9.17) is 0 Å². The van der Waals surface area contributed by atoms with Gasteiger partial charge >= 0.3 is 0 Å². The Labute approximate surface area is 176 Å². The van der Waals surface area contributed by atoms with Crippen LogP contribution in [-0.4, -0.2) is 36.3 Å². The fraction of sp³-hybridized carbons (Fsp3) is 0.478. The van der Waals surface area contributed by atoms with Crippen LogP contribution in [0.3, 0.4) is 0 Å². The highest BCUT2D eigenvalue weighted by Crippen LogP contribution is 2.31. The van der Waals surface area contributed by atoms with Crippen molar-refractivity contribution in [1.82, 2.24) is 10.2 Å². The molecule has 29 heavy (non-hydrogen) atoms. The largest absolute Gasteiger partial charge is 0.350 e. The lowest BCUT2D eigenvalue weighted by Crippen LogP contribution is -2.41. The van der Waals surface area contributed by atoms with Gasteiger partial charge in [0, 0.05) is 28.6 Å². The van der Waals surface area contributed by atoms with E-state index in [1.807, 2.05) is 12.1 Å². The zero-order valence-electron chi connectivity index (χ0n) is 16.9. The third kappa shape index (κ3) is 5.25. The molecule has 1 unspecified atom stereocenters. The number of nitrogens with zero attached hydrogens (tertiary/aromatic N) is 1. The number of carbonyl (C=O) groups excluding carboxylic acids is 2. The van der Waals surface area contributed by atoms with Gasteiger partial charge in [0.25, 0.3) is 5.91 Å². The molecule has 5 nitrogen and oxygen atoms in total. The Hall–Kier alpha value is -2.18. The van der Waals surface area contributed by atoms with Gasteiger partial charge in [0.15, 0.2) is 0 Å². The number of thiophene rings is 1. The van der Waals surface area contributed by atoms with Gasteiger partial charge in [-0.2, -0.15) is 0 Å². The molecule has 1 aliphatic heterocycles. The topological polar surface area (TPSA) is 61.4 Å². The van der Waals surface area contributed by atoms with Crippen LogP contribution < -0.4 is 10.6 Å². The quantitative estimate of drug-likeness (QED) is 0.714. The molecule has 0 spiro atoms.